The van der Waals surface area contributed by atoms with Crippen molar-refractivity contribution >= 4 is 23.4 Å². The molecule has 0 amide bonds. The first-order valence-corrected chi connectivity index (χ1v) is 7.56. The summed E-state index contributed by atoms with van der Waals surface area (Å²) in [5, 5.41) is 19.1. The minimum Gasteiger partial charge on any atom is -0.388 e. The summed E-state index contributed by atoms with van der Waals surface area (Å²) in [6.45, 7) is -0.0543. The van der Waals surface area contributed by atoms with E-state index in [2.05, 4.69) is 14.8 Å². The lowest BCUT2D eigenvalue weighted by atomic mass is 10.2. The first kappa shape index (κ1) is 13.0. The molecule has 1 fully saturated rings. The zero-order valence-electron chi connectivity index (χ0n) is 10.3. The van der Waals surface area contributed by atoms with Gasteiger partial charge < -0.3 is 9.67 Å². The lowest BCUT2D eigenvalue weighted by Gasteiger charge is -2.07. The van der Waals surface area contributed by atoms with Crippen molar-refractivity contribution in [1.29, 1.82) is 0 Å². The smallest absolute Gasteiger partial charge is 0.191 e. The van der Waals surface area contributed by atoms with Crippen LogP contribution in [0.25, 0.3) is 0 Å². The molecular weight excluding hydrogens is 282 g/mol. The van der Waals surface area contributed by atoms with Gasteiger partial charge in [-0.3, -0.25) is 0 Å². The Morgan fingerprint density at radius 3 is 2.89 bits per heavy atom. The van der Waals surface area contributed by atoms with Crippen LogP contribution in [0.15, 0.2) is 29.4 Å². The number of aromatic nitrogens is 3. The number of aliphatic hydroxyl groups is 1. The Kier molecular flexibility index (Phi) is 3.77. The van der Waals surface area contributed by atoms with Crippen LogP contribution in [0.2, 0.25) is 5.02 Å². The largest absolute Gasteiger partial charge is 0.388 e. The van der Waals surface area contributed by atoms with Gasteiger partial charge >= 0.3 is 0 Å². The van der Waals surface area contributed by atoms with Crippen LogP contribution < -0.4 is 0 Å². The van der Waals surface area contributed by atoms with Crippen molar-refractivity contribution in [3.05, 3.63) is 40.7 Å². The third kappa shape index (κ3) is 2.94. The third-order valence-electron chi connectivity index (χ3n) is 3.05. The predicted molar refractivity (Wildman–Crippen MR) is 75.2 cm³/mol. The Labute approximate surface area is 120 Å². The molecule has 1 heterocycles. The van der Waals surface area contributed by atoms with Crippen molar-refractivity contribution < 1.29 is 5.11 Å². The van der Waals surface area contributed by atoms with Crippen LogP contribution >= 0.6 is 23.4 Å². The Balaban J connectivity index is 1.75. The first-order valence-electron chi connectivity index (χ1n) is 6.20. The van der Waals surface area contributed by atoms with Crippen LogP contribution in [0.3, 0.4) is 0 Å². The van der Waals surface area contributed by atoms with Gasteiger partial charge in [0.1, 0.15) is 6.61 Å². The van der Waals surface area contributed by atoms with Crippen molar-refractivity contribution in [3.63, 3.8) is 0 Å². The van der Waals surface area contributed by atoms with Gasteiger partial charge in [0.15, 0.2) is 11.0 Å². The summed E-state index contributed by atoms with van der Waals surface area (Å²) in [4.78, 5) is 0. The fourth-order valence-electron chi connectivity index (χ4n) is 1.99. The molecule has 6 heteroatoms. The van der Waals surface area contributed by atoms with E-state index in [0.29, 0.717) is 11.9 Å². The minimum absolute atomic E-state index is 0.0543. The number of benzene rings is 1. The van der Waals surface area contributed by atoms with Crippen molar-refractivity contribution in [2.75, 3.05) is 0 Å². The maximum absolute atomic E-state index is 9.28. The van der Waals surface area contributed by atoms with Gasteiger partial charge in [0.05, 0.1) is 0 Å². The van der Waals surface area contributed by atoms with Gasteiger partial charge in [0, 0.05) is 16.8 Å². The molecule has 1 N–H and O–H groups in total. The zero-order chi connectivity index (χ0) is 13.2. The highest BCUT2D eigenvalue weighted by Crippen LogP contribution is 2.39. The molecule has 3 rings (SSSR count). The highest BCUT2D eigenvalue weighted by atomic mass is 35.5. The number of thioether (sulfide) groups is 1. The summed E-state index contributed by atoms with van der Waals surface area (Å²) in [7, 11) is 0. The number of aliphatic hydroxyl groups excluding tert-OH is 1. The zero-order valence-corrected chi connectivity index (χ0v) is 11.9. The lowest BCUT2D eigenvalue weighted by molar-refractivity contribution is 0.263. The number of hydrogen-bond acceptors (Lipinski definition) is 4. The van der Waals surface area contributed by atoms with E-state index in [4.69, 9.17) is 11.6 Å². The average molecular weight is 296 g/mol. The van der Waals surface area contributed by atoms with Crippen LogP contribution in [-0.4, -0.2) is 19.9 Å². The summed E-state index contributed by atoms with van der Waals surface area (Å²) >= 11 is 7.60. The molecule has 1 saturated carbocycles. The van der Waals surface area contributed by atoms with Gasteiger partial charge in [-0.25, -0.2) is 0 Å². The van der Waals surface area contributed by atoms with Crippen molar-refractivity contribution in [3.8, 4) is 0 Å². The summed E-state index contributed by atoms with van der Waals surface area (Å²) in [6.07, 6.45) is 2.30. The van der Waals surface area contributed by atoms with E-state index >= 15 is 0 Å². The number of halogens is 1. The molecule has 1 aromatic heterocycles. The minimum atomic E-state index is -0.0543. The molecule has 0 unspecified atom stereocenters. The maximum atomic E-state index is 9.28. The molecule has 100 valence electrons. The van der Waals surface area contributed by atoms with E-state index in [1.165, 1.54) is 0 Å². The number of rotatable bonds is 5. The van der Waals surface area contributed by atoms with E-state index in [1.807, 2.05) is 24.3 Å². The van der Waals surface area contributed by atoms with Crippen LogP contribution in [0.4, 0.5) is 0 Å². The van der Waals surface area contributed by atoms with E-state index in [9.17, 15) is 5.11 Å². The topological polar surface area (TPSA) is 50.9 Å². The quantitative estimate of drug-likeness (QED) is 0.862. The van der Waals surface area contributed by atoms with E-state index in [1.54, 1.807) is 11.8 Å². The molecule has 0 bridgehead atoms. The van der Waals surface area contributed by atoms with Gasteiger partial charge in [-0.15, -0.1) is 10.2 Å². The summed E-state index contributed by atoms with van der Waals surface area (Å²) in [5.41, 5.74) is 1.16. The van der Waals surface area contributed by atoms with Crippen LogP contribution in [0.1, 0.15) is 30.3 Å². The number of hydrogen-bond donors (Lipinski definition) is 1. The van der Waals surface area contributed by atoms with Crippen molar-refractivity contribution in [1.82, 2.24) is 14.8 Å². The molecule has 0 aliphatic heterocycles. The lowest BCUT2D eigenvalue weighted by Crippen LogP contribution is -2.02. The molecule has 0 spiro atoms. The van der Waals surface area contributed by atoms with Crippen LogP contribution in [0, 0.1) is 0 Å². The average Bonchev–Trinajstić information content (AvgIpc) is 3.17. The highest BCUT2D eigenvalue weighted by Gasteiger charge is 2.29. The van der Waals surface area contributed by atoms with E-state index in [-0.39, 0.29) is 6.61 Å². The normalized spacial score (nSPS) is 14.8. The fourth-order valence-corrected chi connectivity index (χ4v) is 3.17. The Morgan fingerprint density at radius 2 is 2.21 bits per heavy atom. The second-order valence-electron chi connectivity index (χ2n) is 4.58. The van der Waals surface area contributed by atoms with Crippen LogP contribution in [-0.2, 0) is 12.4 Å². The second-order valence-corrected chi connectivity index (χ2v) is 5.96. The van der Waals surface area contributed by atoms with Gasteiger partial charge in [-0.05, 0) is 30.5 Å². The van der Waals surface area contributed by atoms with Crippen LogP contribution in [0.5, 0.6) is 0 Å². The van der Waals surface area contributed by atoms with Gasteiger partial charge in [0.2, 0.25) is 0 Å². The standard InChI is InChI=1S/C13H14ClN3OS/c14-10-3-1-2-9(6-10)8-19-13-16-15-12(7-18)17(13)11-4-5-11/h1-3,6,11,18H,4-5,7-8H2. The van der Waals surface area contributed by atoms with Gasteiger partial charge in [-0.1, -0.05) is 35.5 Å². The van der Waals surface area contributed by atoms with Crippen molar-refractivity contribution in [2.24, 2.45) is 0 Å². The third-order valence-corrected chi connectivity index (χ3v) is 4.29. The SMILES string of the molecule is OCc1nnc(SCc2cccc(Cl)c2)n1C1CC1. The molecule has 1 aliphatic carbocycles. The highest BCUT2D eigenvalue weighted by molar-refractivity contribution is 7.98. The second kappa shape index (κ2) is 5.53. The molecule has 0 radical (unpaired) electrons. The van der Waals surface area contributed by atoms with Gasteiger partial charge in [0.25, 0.3) is 0 Å². The van der Waals surface area contributed by atoms with E-state index in [0.717, 1.165) is 34.3 Å². The molecule has 2 aromatic rings. The first-order chi connectivity index (χ1) is 9.28. The predicted octanol–water partition coefficient (Wildman–Crippen LogP) is 3.05. The molecule has 0 saturated heterocycles. The summed E-state index contributed by atoms with van der Waals surface area (Å²) in [6, 6.07) is 8.29. The van der Waals surface area contributed by atoms with Crippen molar-refractivity contribution in [2.45, 2.75) is 36.4 Å². The van der Waals surface area contributed by atoms with Gasteiger partial charge in [-0.2, -0.15) is 0 Å². The molecule has 1 aromatic carbocycles. The summed E-state index contributed by atoms with van der Waals surface area (Å²) < 4.78 is 2.06. The molecule has 19 heavy (non-hydrogen) atoms. The maximum Gasteiger partial charge on any atom is 0.191 e. The molecular formula is C13H14ClN3OS. The number of nitrogens with zero attached hydrogens (tertiary/aromatic N) is 3. The molecule has 1 aliphatic rings. The summed E-state index contributed by atoms with van der Waals surface area (Å²) in [5.74, 6) is 1.47. The molecule has 4 nitrogen and oxygen atoms in total. The fraction of sp³-hybridized carbons (Fsp3) is 0.385. The molecule has 0 atom stereocenters. The monoisotopic (exact) mass is 295 g/mol. The Bertz CT molecular complexity index is 583. The Hall–Kier alpha value is -1.04. The Morgan fingerprint density at radius 1 is 1.37 bits per heavy atom. The van der Waals surface area contributed by atoms with E-state index < -0.39 is 0 Å².